The van der Waals surface area contributed by atoms with E-state index in [2.05, 4.69) is 5.43 Å². The summed E-state index contributed by atoms with van der Waals surface area (Å²) >= 11 is 0. The van der Waals surface area contributed by atoms with Crippen LogP contribution in [0.5, 0.6) is 0 Å². The lowest BCUT2D eigenvalue weighted by Crippen LogP contribution is -2.11. The fraction of sp³-hybridized carbons (Fsp3) is 0.0625. The van der Waals surface area contributed by atoms with E-state index in [0.29, 0.717) is 12.2 Å². The Balaban J connectivity index is 1.99. The highest BCUT2D eigenvalue weighted by Gasteiger charge is 2.07. The van der Waals surface area contributed by atoms with Crippen molar-refractivity contribution in [2.45, 2.75) is 6.54 Å². The standard InChI is InChI=1S/C16H15N3O/c17-9-12-5-7-14(8-6-12)18-19-10-13-3-1-2-4-15(13)16(19)11-20/h1-8,10-11,18H,9,17H2. The molecule has 0 spiro atoms. The molecule has 4 nitrogen and oxygen atoms in total. The SMILES string of the molecule is NCc1ccc(Nn2cc3ccccc3c2C=O)cc1. The number of rotatable bonds is 4. The summed E-state index contributed by atoms with van der Waals surface area (Å²) in [5.41, 5.74) is 11.4. The van der Waals surface area contributed by atoms with E-state index in [1.807, 2.05) is 54.7 Å². The Labute approximate surface area is 116 Å². The van der Waals surface area contributed by atoms with Gasteiger partial charge in [0, 0.05) is 23.5 Å². The molecule has 3 aromatic rings. The predicted molar refractivity (Wildman–Crippen MR) is 80.7 cm³/mol. The first-order chi connectivity index (χ1) is 9.81. The molecule has 0 atom stereocenters. The number of aromatic nitrogens is 1. The average molecular weight is 265 g/mol. The van der Waals surface area contributed by atoms with Crippen molar-refractivity contribution < 1.29 is 4.79 Å². The summed E-state index contributed by atoms with van der Waals surface area (Å²) < 4.78 is 1.75. The molecule has 3 rings (SSSR count). The lowest BCUT2D eigenvalue weighted by atomic mass is 10.2. The second-order valence-electron chi connectivity index (χ2n) is 4.60. The van der Waals surface area contributed by atoms with Crippen LogP contribution in [0, 0.1) is 0 Å². The van der Waals surface area contributed by atoms with E-state index >= 15 is 0 Å². The minimum atomic E-state index is 0.521. The number of hydrogen-bond acceptors (Lipinski definition) is 3. The summed E-state index contributed by atoms with van der Waals surface area (Å²) in [5, 5.41) is 1.97. The van der Waals surface area contributed by atoms with Crippen molar-refractivity contribution in [3.63, 3.8) is 0 Å². The molecule has 0 saturated carbocycles. The number of fused-ring (bicyclic) bond motifs is 1. The van der Waals surface area contributed by atoms with Crippen molar-refractivity contribution in [3.8, 4) is 0 Å². The van der Waals surface area contributed by atoms with Crippen LogP contribution in [0.4, 0.5) is 5.69 Å². The van der Waals surface area contributed by atoms with E-state index in [-0.39, 0.29) is 0 Å². The molecule has 20 heavy (non-hydrogen) atoms. The van der Waals surface area contributed by atoms with Crippen molar-refractivity contribution in [1.29, 1.82) is 0 Å². The maximum Gasteiger partial charge on any atom is 0.169 e. The van der Waals surface area contributed by atoms with Crippen LogP contribution < -0.4 is 11.2 Å². The van der Waals surface area contributed by atoms with Crippen molar-refractivity contribution in [3.05, 3.63) is 66.0 Å². The Morgan fingerprint density at radius 3 is 2.55 bits per heavy atom. The first-order valence-corrected chi connectivity index (χ1v) is 6.43. The maximum atomic E-state index is 11.3. The minimum absolute atomic E-state index is 0.521. The molecule has 100 valence electrons. The number of carbonyl (C=O) groups is 1. The lowest BCUT2D eigenvalue weighted by Gasteiger charge is -2.09. The largest absolute Gasteiger partial charge is 0.326 e. The van der Waals surface area contributed by atoms with E-state index in [1.54, 1.807) is 4.68 Å². The molecule has 0 saturated heterocycles. The van der Waals surface area contributed by atoms with Crippen LogP contribution in [0.1, 0.15) is 16.1 Å². The van der Waals surface area contributed by atoms with E-state index in [9.17, 15) is 4.79 Å². The molecule has 0 aliphatic rings. The maximum absolute atomic E-state index is 11.3. The number of anilines is 1. The van der Waals surface area contributed by atoms with Gasteiger partial charge < -0.3 is 5.73 Å². The van der Waals surface area contributed by atoms with Gasteiger partial charge in [-0.2, -0.15) is 0 Å². The predicted octanol–water partition coefficient (Wildman–Crippen LogP) is 2.79. The van der Waals surface area contributed by atoms with Gasteiger partial charge in [0.25, 0.3) is 0 Å². The van der Waals surface area contributed by atoms with Gasteiger partial charge in [0.1, 0.15) is 5.69 Å². The molecule has 0 radical (unpaired) electrons. The van der Waals surface area contributed by atoms with Crippen molar-refractivity contribution >= 4 is 22.7 Å². The molecule has 0 bridgehead atoms. The molecule has 0 amide bonds. The second-order valence-corrected chi connectivity index (χ2v) is 4.60. The summed E-state index contributed by atoms with van der Waals surface area (Å²) in [6, 6.07) is 15.6. The molecule has 0 aliphatic carbocycles. The Kier molecular flexibility index (Phi) is 3.23. The first-order valence-electron chi connectivity index (χ1n) is 6.43. The summed E-state index contributed by atoms with van der Waals surface area (Å²) in [7, 11) is 0. The van der Waals surface area contributed by atoms with E-state index in [0.717, 1.165) is 28.3 Å². The third-order valence-corrected chi connectivity index (χ3v) is 3.32. The van der Waals surface area contributed by atoms with Crippen LogP contribution in [-0.2, 0) is 6.54 Å². The van der Waals surface area contributed by atoms with Gasteiger partial charge in [-0.25, -0.2) is 0 Å². The number of aldehydes is 1. The third kappa shape index (κ3) is 2.17. The van der Waals surface area contributed by atoms with E-state index in [1.165, 1.54) is 0 Å². The van der Waals surface area contributed by atoms with Crippen molar-refractivity contribution in [2.75, 3.05) is 5.43 Å². The average Bonchev–Trinajstić information content (AvgIpc) is 2.85. The Morgan fingerprint density at radius 1 is 1.10 bits per heavy atom. The van der Waals surface area contributed by atoms with E-state index < -0.39 is 0 Å². The van der Waals surface area contributed by atoms with Crippen LogP contribution in [0.3, 0.4) is 0 Å². The van der Waals surface area contributed by atoms with Crippen molar-refractivity contribution in [1.82, 2.24) is 4.68 Å². The highest BCUT2D eigenvalue weighted by molar-refractivity contribution is 5.97. The molecule has 0 aliphatic heterocycles. The zero-order valence-electron chi connectivity index (χ0n) is 10.9. The topological polar surface area (TPSA) is 60.0 Å². The normalized spacial score (nSPS) is 10.7. The van der Waals surface area contributed by atoms with Gasteiger partial charge in [0.05, 0.1) is 5.69 Å². The van der Waals surface area contributed by atoms with Gasteiger partial charge in [-0.1, -0.05) is 36.4 Å². The van der Waals surface area contributed by atoms with Gasteiger partial charge in [-0.15, -0.1) is 0 Å². The molecular formula is C16H15N3O. The summed E-state index contributed by atoms with van der Waals surface area (Å²) in [5.74, 6) is 0. The minimum Gasteiger partial charge on any atom is -0.326 e. The fourth-order valence-electron chi connectivity index (χ4n) is 2.25. The third-order valence-electron chi connectivity index (χ3n) is 3.32. The van der Waals surface area contributed by atoms with Crippen molar-refractivity contribution in [2.24, 2.45) is 5.73 Å². The van der Waals surface area contributed by atoms with Crippen LogP contribution in [0.15, 0.2) is 54.7 Å². The van der Waals surface area contributed by atoms with Crippen LogP contribution in [-0.4, -0.2) is 11.0 Å². The molecule has 2 aromatic carbocycles. The van der Waals surface area contributed by atoms with Crippen LogP contribution >= 0.6 is 0 Å². The number of benzene rings is 2. The molecule has 4 heteroatoms. The number of nitrogens with two attached hydrogens (primary N) is 1. The Hall–Kier alpha value is -2.59. The zero-order chi connectivity index (χ0) is 13.9. The van der Waals surface area contributed by atoms with Crippen LogP contribution in [0.2, 0.25) is 0 Å². The quantitative estimate of drug-likeness (QED) is 0.713. The molecule has 0 unspecified atom stereocenters. The monoisotopic (exact) mass is 265 g/mol. The fourth-order valence-corrected chi connectivity index (χ4v) is 2.25. The smallest absolute Gasteiger partial charge is 0.169 e. The number of nitrogens with zero attached hydrogens (tertiary/aromatic N) is 1. The summed E-state index contributed by atoms with van der Waals surface area (Å²) in [6.45, 7) is 0.521. The van der Waals surface area contributed by atoms with Gasteiger partial charge in [0.15, 0.2) is 6.29 Å². The lowest BCUT2D eigenvalue weighted by molar-refractivity contribution is 0.111. The van der Waals surface area contributed by atoms with Gasteiger partial charge in [-0.05, 0) is 17.7 Å². The summed E-state index contributed by atoms with van der Waals surface area (Å²) in [4.78, 5) is 11.3. The highest BCUT2D eigenvalue weighted by Crippen LogP contribution is 2.20. The zero-order valence-corrected chi connectivity index (χ0v) is 10.9. The van der Waals surface area contributed by atoms with Gasteiger partial charge >= 0.3 is 0 Å². The van der Waals surface area contributed by atoms with Gasteiger partial charge in [0.2, 0.25) is 0 Å². The van der Waals surface area contributed by atoms with Crippen LogP contribution in [0.25, 0.3) is 10.8 Å². The van der Waals surface area contributed by atoms with E-state index in [4.69, 9.17) is 5.73 Å². The molecule has 1 aromatic heterocycles. The number of hydrogen-bond donors (Lipinski definition) is 2. The second kappa shape index (κ2) is 5.19. The summed E-state index contributed by atoms with van der Waals surface area (Å²) in [6.07, 6.45) is 2.78. The number of carbonyl (C=O) groups excluding carboxylic acids is 1. The molecule has 0 fully saturated rings. The van der Waals surface area contributed by atoms with Gasteiger partial charge in [-0.3, -0.25) is 14.9 Å². The number of nitrogens with one attached hydrogen (secondary N) is 1. The first kappa shape index (κ1) is 12.4. The molecular weight excluding hydrogens is 250 g/mol. The Bertz CT molecular complexity index is 744. The molecule has 1 heterocycles. The molecule has 3 N–H and O–H groups in total. The Morgan fingerprint density at radius 2 is 1.85 bits per heavy atom. The highest BCUT2D eigenvalue weighted by atomic mass is 16.1.